The van der Waals surface area contributed by atoms with Crippen molar-refractivity contribution >= 4 is 38.4 Å². The monoisotopic (exact) mass is 457 g/mol. The number of fused-ring (bicyclic) bond motifs is 1. The molecule has 1 heterocycles. The molecule has 0 spiro atoms. The van der Waals surface area contributed by atoms with Gasteiger partial charge < -0.3 is 9.73 Å². The second-order valence-electron chi connectivity index (χ2n) is 9.47. The molecule has 2 N–H and O–H groups in total. The van der Waals surface area contributed by atoms with Gasteiger partial charge in [-0.1, -0.05) is 11.6 Å². The SMILES string of the molecule is CC(C)n1c(=O)oc2c(Cl)cc(NC[C@H]3CC[C@H](NS(=O)(=O)C(C)(C)C)CC3)cc21. The average Bonchev–Trinajstić information content (AvgIpc) is 2.96. The number of sulfonamides is 1. The Kier molecular flexibility index (Phi) is 6.60. The van der Waals surface area contributed by atoms with E-state index in [-0.39, 0.29) is 12.1 Å². The third kappa shape index (κ3) is 4.86. The molecule has 1 aromatic heterocycles. The lowest BCUT2D eigenvalue weighted by Crippen LogP contribution is -2.46. The third-order valence-corrected chi connectivity index (χ3v) is 8.29. The fourth-order valence-corrected chi connectivity index (χ4v) is 5.11. The van der Waals surface area contributed by atoms with Gasteiger partial charge in [0.2, 0.25) is 10.0 Å². The summed E-state index contributed by atoms with van der Waals surface area (Å²) in [6, 6.07) is 3.65. The maximum atomic E-state index is 12.4. The number of rotatable bonds is 6. The van der Waals surface area contributed by atoms with Crippen LogP contribution in [0.1, 0.15) is 66.3 Å². The molecular formula is C21H32ClN3O4S. The van der Waals surface area contributed by atoms with E-state index in [9.17, 15) is 13.2 Å². The Labute approximate surface area is 183 Å². The minimum atomic E-state index is -3.32. The Morgan fingerprint density at radius 2 is 1.83 bits per heavy atom. The Balaban J connectivity index is 1.62. The van der Waals surface area contributed by atoms with Crippen LogP contribution in [0.5, 0.6) is 0 Å². The van der Waals surface area contributed by atoms with Crippen molar-refractivity contribution in [2.24, 2.45) is 5.92 Å². The topological polar surface area (TPSA) is 93.3 Å². The number of aromatic nitrogens is 1. The standard InChI is InChI=1S/C21H32ClN3O4S/c1-13(2)25-18-11-16(10-17(22)19(18)29-20(25)26)23-12-14-6-8-15(9-7-14)24-30(27,28)21(3,4)5/h10-11,13-15,23-24H,6-9,12H2,1-5H3/t14-,15-. The highest BCUT2D eigenvalue weighted by Gasteiger charge is 2.32. The van der Waals surface area contributed by atoms with E-state index in [1.807, 2.05) is 19.9 Å². The summed E-state index contributed by atoms with van der Waals surface area (Å²) in [5, 5.41) is 3.84. The zero-order chi connectivity index (χ0) is 22.3. The summed E-state index contributed by atoms with van der Waals surface area (Å²) in [7, 11) is -3.32. The Hall–Kier alpha value is -1.51. The van der Waals surface area contributed by atoms with Crippen molar-refractivity contribution < 1.29 is 12.8 Å². The number of halogens is 1. The zero-order valence-corrected chi connectivity index (χ0v) is 19.9. The summed E-state index contributed by atoms with van der Waals surface area (Å²) in [5.41, 5.74) is 1.94. The molecule has 3 rings (SSSR count). The molecule has 168 valence electrons. The van der Waals surface area contributed by atoms with Gasteiger partial charge in [-0.25, -0.2) is 17.9 Å². The highest BCUT2D eigenvalue weighted by atomic mass is 35.5. The van der Waals surface area contributed by atoms with Crippen LogP contribution in [0, 0.1) is 5.92 Å². The molecule has 0 unspecified atom stereocenters. The van der Waals surface area contributed by atoms with E-state index in [4.69, 9.17) is 16.0 Å². The molecule has 1 aliphatic rings. The Morgan fingerprint density at radius 3 is 2.40 bits per heavy atom. The summed E-state index contributed by atoms with van der Waals surface area (Å²) in [5.74, 6) is 0.0431. The number of hydrogen-bond acceptors (Lipinski definition) is 5. The first-order valence-corrected chi connectivity index (χ1v) is 12.4. The van der Waals surface area contributed by atoms with Gasteiger partial charge in [0.25, 0.3) is 0 Å². The van der Waals surface area contributed by atoms with Crippen molar-refractivity contribution in [1.29, 1.82) is 0 Å². The van der Waals surface area contributed by atoms with Crippen molar-refractivity contribution in [3.05, 3.63) is 27.7 Å². The van der Waals surface area contributed by atoms with E-state index in [1.165, 1.54) is 0 Å². The number of oxazole rings is 1. The van der Waals surface area contributed by atoms with Crippen LogP contribution in [-0.2, 0) is 10.0 Å². The molecule has 2 aromatic rings. The van der Waals surface area contributed by atoms with E-state index < -0.39 is 20.5 Å². The maximum absolute atomic E-state index is 12.4. The number of anilines is 1. The van der Waals surface area contributed by atoms with Gasteiger partial charge in [-0.3, -0.25) is 4.57 Å². The van der Waals surface area contributed by atoms with Crippen LogP contribution in [0.15, 0.2) is 21.3 Å². The third-order valence-electron chi connectivity index (χ3n) is 5.76. The van der Waals surface area contributed by atoms with Crippen LogP contribution >= 0.6 is 11.6 Å². The second-order valence-corrected chi connectivity index (χ2v) is 12.3. The van der Waals surface area contributed by atoms with E-state index in [1.54, 1.807) is 31.4 Å². The molecule has 0 bridgehead atoms. The smallest absolute Gasteiger partial charge is 0.406 e. The van der Waals surface area contributed by atoms with Gasteiger partial charge in [-0.05, 0) is 78.4 Å². The van der Waals surface area contributed by atoms with Gasteiger partial charge in [0.1, 0.15) is 0 Å². The summed E-state index contributed by atoms with van der Waals surface area (Å²) in [6.07, 6.45) is 3.55. The van der Waals surface area contributed by atoms with E-state index in [0.717, 1.165) is 37.9 Å². The molecule has 0 amide bonds. The second kappa shape index (κ2) is 8.55. The van der Waals surface area contributed by atoms with Crippen molar-refractivity contribution in [2.45, 2.75) is 77.1 Å². The van der Waals surface area contributed by atoms with Gasteiger partial charge in [0.15, 0.2) is 5.58 Å². The van der Waals surface area contributed by atoms with Crippen molar-refractivity contribution in [3.63, 3.8) is 0 Å². The van der Waals surface area contributed by atoms with Crippen molar-refractivity contribution in [1.82, 2.24) is 9.29 Å². The van der Waals surface area contributed by atoms with Gasteiger partial charge in [0, 0.05) is 24.3 Å². The quantitative estimate of drug-likeness (QED) is 0.665. The largest absolute Gasteiger partial charge is 0.420 e. The Morgan fingerprint density at radius 1 is 1.20 bits per heavy atom. The molecule has 0 saturated heterocycles. The van der Waals surface area contributed by atoms with Gasteiger partial charge in [0.05, 0.1) is 15.3 Å². The molecular weight excluding hydrogens is 426 g/mol. The van der Waals surface area contributed by atoms with E-state index >= 15 is 0 Å². The molecule has 1 aromatic carbocycles. The molecule has 1 saturated carbocycles. The van der Waals surface area contributed by atoms with Crippen LogP contribution in [0.2, 0.25) is 5.02 Å². The summed E-state index contributed by atoms with van der Waals surface area (Å²) in [6.45, 7) is 9.76. The summed E-state index contributed by atoms with van der Waals surface area (Å²) < 4.78 is 33.7. The number of nitrogens with zero attached hydrogens (tertiary/aromatic N) is 1. The maximum Gasteiger partial charge on any atom is 0.420 e. The summed E-state index contributed by atoms with van der Waals surface area (Å²) in [4.78, 5) is 12.1. The number of nitrogens with one attached hydrogen (secondary N) is 2. The first-order valence-electron chi connectivity index (χ1n) is 10.5. The van der Waals surface area contributed by atoms with E-state index in [2.05, 4.69) is 10.0 Å². The van der Waals surface area contributed by atoms with Crippen LogP contribution < -0.4 is 15.8 Å². The fraction of sp³-hybridized carbons (Fsp3) is 0.667. The minimum Gasteiger partial charge on any atom is -0.406 e. The molecule has 0 atom stereocenters. The van der Waals surface area contributed by atoms with Crippen molar-refractivity contribution in [2.75, 3.05) is 11.9 Å². The minimum absolute atomic E-state index is 0.00248. The number of hydrogen-bond donors (Lipinski definition) is 2. The summed E-state index contributed by atoms with van der Waals surface area (Å²) >= 11 is 6.34. The van der Waals surface area contributed by atoms with Crippen LogP contribution in [0.3, 0.4) is 0 Å². The average molecular weight is 458 g/mol. The number of benzene rings is 1. The van der Waals surface area contributed by atoms with Crippen LogP contribution in [0.4, 0.5) is 5.69 Å². The lowest BCUT2D eigenvalue weighted by atomic mass is 9.86. The normalized spacial score (nSPS) is 20.8. The van der Waals surface area contributed by atoms with Gasteiger partial charge >= 0.3 is 5.76 Å². The van der Waals surface area contributed by atoms with Gasteiger partial charge in [-0.2, -0.15) is 0 Å². The van der Waals surface area contributed by atoms with Crippen molar-refractivity contribution in [3.8, 4) is 0 Å². The first-order chi connectivity index (χ1) is 13.9. The fourth-order valence-electron chi connectivity index (χ4n) is 3.83. The molecule has 7 nitrogen and oxygen atoms in total. The van der Waals surface area contributed by atoms with Crippen LogP contribution in [0.25, 0.3) is 11.1 Å². The molecule has 9 heteroatoms. The molecule has 0 aliphatic heterocycles. The zero-order valence-electron chi connectivity index (χ0n) is 18.3. The first kappa shape index (κ1) is 23.2. The molecule has 1 aliphatic carbocycles. The predicted octanol–water partition coefficient (Wildman–Crippen LogP) is 4.52. The molecule has 30 heavy (non-hydrogen) atoms. The predicted molar refractivity (Wildman–Crippen MR) is 122 cm³/mol. The lowest BCUT2D eigenvalue weighted by molar-refractivity contribution is 0.322. The van der Waals surface area contributed by atoms with Gasteiger partial charge in [-0.15, -0.1) is 0 Å². The molecule has 0 radical (unpaired) electrons. The Bertz CT molecular complexity index is 1060. The van der Waals surface area contributed by atoms with E-state index in [0.29, 0.717) is 22.0 Å². The highest BCUT2D eigenvalue weighted by molar-refractivity contribution is 7.90. The highest BCUT2D eigenvalue weighted by Crippen LogP contribution is 2.30. The van der Waals surface area contributed by atoms with Crippen LogP contribution in [-0.4, -0.2) is 30.3 Å². The molecule has 1 fully saturated rings. The lowest BCUT2D eigenvalue weighted by Gasteiger charge is -2.31.